The minimum atomic E-state index is 0.447. The maximum absolute atomic E-state index is 4.77. The highest BCUT2D eigenvalue weighted by atomic mass is 127. The highest BCUT2D eigenvalue weighted by Gasteiger charge is 2.29. The fraction of sp³-hybridized carbons (Fsp3) is 0.692. The third-order valence-corrected chi connectivity index (χ3v) is 7.04. The minimum Gasteiger partial charge on any atom is -0.369 e. The second kappa shape index (κ2) is 7.93. The second-order valence-electron chi connectivity index (χ2n) is 4.46. The quantitative estimate of drug-likeness (QED) is 0.738. The van der Waals surface area contributed by atoms with Gasteiger partial charge in [-0.15, -0.1) is 11.8 Å². The van der Waals surface area contributed by atoms with E-state index in [-0.39, 0.29) is 0 Å². The Bertz CT molecular complexity index is 417. The van der Waals surface area contributed by atoms with Gasteiger partial charge in [-0.05, 0) is 35.4 Å². The summed E-state index contributed by atoms with van der Waals surface area (Å²) in [6.45, 7) is 5.40. The summed E-state index contributed by atoms with van der Waals surface area (Å²) < 4.78 is 1.11. The first-order valence-electron chi connectivity index (χ1n) is 6.75. The van der Waals surface area contributed by atoms with E-state index < -0.39 is 0 Å². The van der Waals surface area contributed by atoms with E-state index in [0.29, 0.717) is 10.5 Å². The van der Waals surface area contributed by atoms with E-state index in [9.17, 15) is 0 Å². The Kier molecular flexibility index (Phi) is 6.55. The Morgan fingerprint density at radius 1 is 1.37 bits per heavy atom. The molecule has 1 aliphatic heterocycles. The van der Waals surface area contributed by atoms with Crippen molar-refractivity contribution in [3.63, 3.8) is 0 Å². The Morgan fingerprint density at radius 3 is 2.89 bits per heavy atom. The number of thioether (sulfide) groups is 2. The van der Waals surface area contributed by atoms with Crippen LogP contribution in [0.2, 0.25) is 0 Å². The molecule has 106 valence electrons. The summed E-state index contributed by atoms with van der Waals surface area (Å²) in [5.41, 5.74) is 0. The van der Waals surface area contributed by atoms with E-state index in [4.69, 9.17) is 4.98 Å². The number of hydrogen-bond donors (Lipinski definition) is 1. The third kappa shape index (κ3) is 4.14. The molecule has 0 aromatic carbocycles. The predicted molar refractivity (Wildman–Crippen MR) is 95.3 cm³/mol. The maximum Gasteiger partial charge on any atom is 0.144 e. The summed E-state index contributed by atoms with van der Waals surface area (Å²) in [5.74, 6) is 4.46. The molecule has 2 unspecified atom stereocenters. The zero-order valence-electron chi connectivity index (χ0n) is 11.4. The molecular weight excluding hydrogens is 389 g/mol. The molecule has 0 saturated carbocycles. The zero-order valence-corrected chi connectivity index (χ0v) is 15.1. The van der Waals surface area contributed by atoms with Crippen LogP contribution in [0.5, 0.6) is 0 Å². The van der Waals surface area contributed by atoms with Gasteiger partial charge in [0.25, 0.3) is 0 Å². The number of anilines is 1. The predicted octanol–water partition coefficient (Wildman–Crippen LogP) is 4.20. The molecular formula is C13H20IN3S2. The second-order valence-corrected chi connectivity index (χ2v) is 8.22. The van der Waals surface area contributed by atoms with Gasteiger partial charge >= 0.3 is 0 Å². The first-order valence-corrected chi connectivity index (χ1v) is 9.93. The van der Waals surface area contributed by atoms with Crippen molar-refractivity contribution >= 4 is 51.9 Å². The number of nitrogens with zero attached hydrogens (tertiary/aromatic N) is 2. The van der Waals surface area contributed by atoms with Crippen LogP contribution in [0, 0.1) is 3.57 Å². The molecule has 0 amide bonds. The molecule has 0 bridgehead atoms. The number of hydrogen-bond acceptors (Lipinski definition) is 5. The molecule has 1 aliphatic rings. The van der Waals surface area contributed by atoms with Crippen LogP contribution in [-0.4, -0.2) is 33.3 Å². The van der Waals surface area contributed by atoms with Gasteiger partial charge in [0, 0.05) is 29.5 Å². The van der Waals surface area contributed by atoms with Gasteiger partial charge in [0.1, 0.15) is 11.6 Å². The van der Waals surface area contributed by atoms with Crippen molar-refractivity contribution in [3.05, 3.63) is 15.6 Å². The summed E-state index contributed by atoms with van der Waals surface area (Å²) in [5, 5.41) is 4.50. The summed E-state index contributed by atoms with van der Waals surface area (Å²) >= 11 is 6.38. The van der Waals surface area contributed by atoms with Gasteiger partial charge in [-0.3, -0.25) is 0 Å². The van der Waals surface area contributed by atoms with Crippen LogP contribution in [0.15, 0.2) is 6.20 Å². The molecule has 1 saturated heterocycles. The van der Waals surface area contributed by atoms with Crippen LogP contribution in [-0.2, 0) is 0 Å². The molecule has 2 heterocycles. The van der Waals surface area contributed by atoms with Crippen molar-refractivity contribution in [2.75, 3.05) is 23.4 Å². The van der Waals surface area contributed by atoms with Crippen molar-refractivity contribution in [1.29, 1.82) is 0 Å². The molecule has 2 rings (SSSR count). The molecule has 0 spiro atoms. The van der Waals surface area contributed by atoms with Crippen LogP contribution in [0.4, 0.5) is 5.82 Å². The van der Waals surface area contributed by atoms with E-state index in [1.165, 1.54) is 17.9 Å². The minimum absolute atomic E-state index is 0.447. The SMILES string of the molecule is CCCNc1nc(C2SCCSC2CC)ncc1I. The van der Waals surface area contributed by atoms with Crippen molar-refractivity contribution < 1.29 is 0 Å². The van der Waals surface area contributed by atoms with Crippen molar-refractivity contribution in [3.8, 4) is 0 Å². The standard InChI is InChI=1S/C13H20IN3S2/c1-3-5-15-12-9(14)8-16-13(17-12)11-10(4-2)18-6-7-19-11/h8,10-11H,3-7H2,1-2H3,(H,15,16,17). The summed E-state index contributed by atoms with van der Waals surface area (Å²) in [4.78, 5) is 9.34. The number of halogens is 1. The molecule has 1 aromatic heterocycles. The van der Waals surface area contributed by atoms with Crippen molar-refractivity contribution in [2.24, 2.45) is 0 Å². The normalized spacial score (nSPS) is 23.3. The van der Waals surface area contributed by atoms with Crippen LogP contribution in [0.1, 0.15) is 37.8 Å². The van der Waals surface area contributed by atoms with Gasteiger partial charge in [-0.2, -0.15) is 11.8 Å². The van der Waals surface area contributed by atoms with E-state index in [1.807, 2.05) is 18.0 Å². The Labute approximate surface area is 137 Å². The molecule has 1 N–H and O–H groups in total. The van der Waals surface area contributed by atoms with Crippen LogP contribution in [0.3, 0.4) is 0 Å². The molecule has 3 nitrogen and oxygen atoms in total. The van der Waals surface area contributed by atoms with Gasteiger partial charge in [0.2, 0.25) is 0 Å². The molecule has 1 fully saturated rings. The molecule has 2 atom stereocenters. The summed E-state index contributed by atoms with van der Waals surface area (Å²) in [6, 6.07) is 0. The zero-order chi connectivity index (χ0) is 13.7. The summed E-state index contributed by atoms with van der Waals surface area (Å²) in [7, 11) is 0. The van der Waals surface area contributed by atoms with Gasteiger partial charge in [0.05, 0.1) is 8.82 Å². The number of aromatic nitrogens is 2. The van der Waals surface area contributed by atoms with Crippen molar-refractivity contribution in [2.45, 2.75) is 37.2 Å². The number of nitrogens with one attached hydrogen (secondary N) is 1. The Morgan fingerprint density at radius 2 is 2.16 bits per heavy atom. The van der Waals surface area contributed by atoms with Gasteiger partial charge in [0.15, 0.2) is 0 Å². The fourth-order valence-corrected chi connectivity index (χ4v) is 5.48. The Balaban J connectivity index is 2.18. The third-order valence-electron chi connectivity index (χ3n) is 3.01. The van der Waals surface area contributed by atoms with Gasteiger partial charge in [-0.25, -0.2) is 9.97 Å². The van der Waals surface area contributed by atoms with E-state index >= 15 is 0 Å². The molecule has 6 heteroatoms. The van der Waals surface area contributed by atoms with E-state index in [0.717, 1.165) is 28.2 Å². The first kappa shape index (κ1) is 15.7. The largest absolute Gasteiger partial charge is 0.369 e. The van der Waals surface area contributed by atoms with Crippen LogP contribution in [0.25, 0.3) is 0 Å². The van der Waals surface area contributed by atoms with Gasteiger partial charge < -0.3 is 5.32 Å². The first-order chi connectivity index (χ1) is 9.26. The lowest BCUT2D eigenvalue weighted by molar-refractivity contribution is 0.748. The summed E-state index contributed by atoms with van der Waals surface area (Å²) in [6.07, 6.45) is 4.25. The highest BCUT2D eigenvalue weighted by molar-refractivity contribution is 14.1. The average molecular weight is 409 g/mol. The average Bonchev–Trinajstić information content (AvgIpc) is 2.46. The van der Waals surface area contributed by atoms with Crippen LogP contribution < -0.4 is 5.32 Å². The van der Waals surface area contributed by atoms with Crippen molar-refractivity contribution in [1.82, 2.24) is 9.97 Å². The smallest absolute Gasteiger partial charge is 0.144 e. The molecule has 1 aromatic rings. The lowest BCUT2D eigenvalue weighted by atomic mass is 10.2. The van der Waals surface area contributed by atoms with Gasteiger partial charge in [-0.1, -0.05) is 13.8 Å². The lowest BCUT2D eigenvalue weighted by Crippen LogP contribution is -2.21. The topological polar surface area (TPSA) is 37.8 Å². The lowest BCUT2D eigenvalue weighted by Gasteiger charge is -2.28. The fourth-order valence-electron chi connectivity index (χ4n) is 2.03. The Hall–Kier alpha value is 0.310. The molecule has 0 aliphatic carbocycles. The number of rotatable bonds is 5. The molecule has 0 radical (unpaired) electrons. The monoisotopic (exact) mass is 409 g/mol. The highest BCUT2D eigenvalue weighted by Crippen LogP contribution is 2.43. The maximum atomic E-state index is 4.77. The van der Waals surface area contributed by atoms with E-state index in [2.05, 4.69) is 58.5 Å². The molecule has 19 heavy (non-hydrogen) atoms. The van der Waals surface area contributed by atoms with Crippen LogP contribution >= 0.6 is 46.1 Å². The van der Waals surface area contributed by atoms with E-state index in [1.54, 1.807) is 0 Å².